The third-order valence-corrected chi connectivity index (χ3v) is 4.35. The van der Waals surface area contributed by atoms with Crippen LogP contribution >= 0.6 is 0 Å². The van der Waals surface area contributed by atoms with Gasteiger partial charge in [-0.3, -0.25) is 4.99 Å². The number of anilines is 1. The lowest BCUT2D eigenvalue weighted by Gasteiger charge is -2.34. The van der Waals surface area contributed by atoms with Gasteiger partial charge < -0.3 is 20.4 Å². The fourth-order valence-electron chi connectivity index (χ4n) is 2.75. The van der Waals surface area contributed by atoms with E-state index in [0.717, 1.165) is 57.5 Å². The van der Waals surface area contributed by atoms with E-state index in [1.165, 1.54) is 5.56 Å². The Labute approximate surface area is 146 Å². The molecule has 0 unspecified atom stereocenters. The summed E-state index contributed by atoms with van der Waals surface area (Å²) in [7, 11) is 3.99. The van der Waals surface area contributed by atoms with Gasteiger partial charge in [-0.25, -0.2) is 4.98 Å². The molecule has 6 heteroatoms. The largest absolute Gasteiger partial charge is 0.356 e. The normalized spacial score (nSPS) is 16.5. The number of aliphatic imine (C=N–C) groups is 1. The van der Waals surface area contributed by atoms with E-state index in [-0.39, 0.29) is 0 Å². The fourth-order valence-corrected chi connectivity index (χ4v) is 2.75. The van der Waals surface area contributed by atoms with E-state index in [1.807, 2.05) is 19.3 Å². The van der Waals surface area contributed by atoms with Crippen LogP contribution in [0.3, 0.4) is 0 Å². The monoisotopic (exact) mass is 332 g/mol. The molecular weight excluding hydrogens is 300 g/mol. The average molecular weight is 332 g/mol. The molecule has 0 bridgehead atoms. The fraction of sp³-hybridized carbons (Fsp3) is 0.667. The van der Waals surface area contributed by atoms with Crippen LogP contribution in [0.25, 0.3) is 0 Å². The van der Waals surface area contributed by atoms with Crippen molar-refractivity contribution >= 4 is 11.8 Å². The summed E-state index contributed by atoms with van der Waals surface area (Å²) in [5, 5.41) is 6.78. The highest BCUT2D eigenvalue weighted by Crippen LogP contribution is 2.18. The topological polar surface area (TPSA) is 55.8 Å². The van der Waals surface area contributed by atoms with Crippen molar-refractivity contribution < 1.29 is 0 Å². The lowest BCUT2D eigenvalue weighted by atomic mass is 10.1. The van der Waals surface area contributed by atoms with Crippen molar-refractivity contribution in [2.45, 2.75) is 26.8 Å². The van der Waals surface area contributed by atoms with Crippen molar-refractivity contribution in [2.75, 3.05) is 51.7 Å². The number of hydrogen-bond acceptors (Lipinski definition) is 4. The Kier molecular flexibility index (Phi) is 7.31. The predicted molar refractivity (Wildman–Crippen MR) is 102 cm³/mol. The Morgan fingerprint density at radius 2 is 2.00 bits per heavy atom. The van der Waals surface area contributed by atoms with Crippen LogP contribution in [0, 0.1) is 5.92 Å². The highest BCUT2D eigenvalue weighted by Gasteiger charge is 2.17. The molecule has 2 heterocycles. The van der Waals surface area contributed by atoms with Gasteiger partial charge >= 0.3 is 0 Å². The summed E-state index contributed by atoms with van der Waals surface area (Å²) >= 11 is 0. The van der Waals surface area contributed by atoms with Gasteiger partial charge in [-0.2, -0.15) is 0 Å². The lowest BCUT2D eigenvalue weighted by Crippen LogP contribution is -2.45. The van der Waals surface area contributed by atoms with Crippen molar-refractivity contribution in [2.24, 2.45) is 10.9 Å². The molecular formula is C18H32N6. The van der Waals surface area contributed by atoms with Gasteiger partial charge in [-0.05, 0) is 25.5 Å². The Hall–Kier alpha value is -1.82. The molecule has 0 spiro atoms. The van der Waals surface area contributed by atoms with Crippen LogP contribution in [0.1, 0.15) is 25.8 Å². The summed E-state index contributed by atoms with van der Waals surface area (Å²) in [5.41, 5.74) is 1.22. The SMILES string of the molecule is CN=C(NCCC(C)C)NCc1cccnc1N1CCN(C)CC1. The van der Waals surface area contributed by atoms with E-state index < -0.39 is 0 Å². The highest BCUT2D eigenvalue weighted by atomic mass is 15.3. The van der Waals surface area contributed by atoms with E-state index in [4.69, 9.17) is 0 Å². The molecule has 1 fully saturated rings. The summed E-state index contributed by atoms with van der Waals surface area (Å²) in [6.07, 6.45) is 3.02. The summed E-state index contributed by atoms with van der Waals surface area (Å²) in [6, 6.07) is 4.15. The molecule has 0 aromatic carbocycles. The molecule has 0 atom stereocenters. The van der Waals surface area contributed by atoms with Gasteiger partial charge in [0.1, 0.15) is 5.82 Å². The third kappa shape index (κ3) is 5.67. The molecule has 1 aromatic heterocycles. The molecule has 0 aliphatic carbocycles. The zero-order valence-corrected chi connectivity index (χ0v) is 15.5. The van der Waals surface area contributed by atoms with Crippen LogP contribution in [0.15, 0.2) is 23.3 Å². The minimum Gasteiger partial charge on any atom is -0.356 e. The van der Waals surface area contributed by atoms with Gasteiger partial charge in [0.25, 0.3) is 0 Å². The van der Waals surface area contributed by atoms with E-state index >= 15 is 0 Å². The number of guanidine groups is 1. The van der Waals surface area contributed by atoms with E-state index in [0.29, 0.717) is 5.92 Å². The van der Waals surface area contributed by atoms with Crippen LogP contribution < -0.4 is 15.5 Å². The number of nitrogens with zero attached hydrogens (tertiary/aromatic N) is 4. The number of likely N-dealkylation sites (N-methyl/N-ethyl adjacent to an activating group) is 1. The number of hydrogen-bond donors (Lipinski definition) is 2. The number of piperazine rings is 1. The zero-order valence-electron chi connectivity index (χ0n) is 15.5. The number of aromatic nitrogens is 1. The van der Waals surface area contributed by atoms with Gasteiger partial charge in [0.05, 0.1) is 0 Å². The first-order valence-corrected chi connectivity index (χ1v) is 8.92. The molecule has 0 saturated carbocycles. The Morgan fingerprint density at radius 1 is 1.25 bits per heavy atom. The molecule has 1 aliphatic heterocycles. The van der Waals surface area contributed by atoms with Crippen LogP contribution in [-0.4, -0.2) is 62.7 Å². The van der Waals surface area contributed by atoms with Crippen molar-refractivity contribution in [3.63, 3.8) is 0 Å². The number of rotatable bonds is 6. The van der Waals surface area contributed by atoms with Crippen LogP contribution in [-0.2, 0) is 6.54 Å². The van der Waals surface area contributed by atoms with Crippen LogP contribution in [0.2, 0.25) is 0 Å². The van der Waals surface area contributed by atoms with Crippen molar-refractivity contribution in [1.82, 2.24) is 20.5 Å². The Morgan fingerprint density at radius 3 is 2.67 bits per heavy atom. The molecule has 0 radical (unpaired) electrons. The van der Waals surface area contributed by atoms with Gasteiger partial charge in [-0.15, -0.1) is 0 Å². The quantitative estimate of drug-likeness (QED) is 0.611. The second-order valence-electron chi connectivity index (χ2n) is 6.81. The van der Waals surface area contributed by atoms with Crippen molar-refractivity contribution in [3.05, 3.63) is 23.9 Å². The van der Waals surface area contributed by atoms with Crippen molar-refractivity contribution in [1.29, 1.82) is 0 Å². The lowest BCUT2D eigenvalue weighted by molar-refractivity contribution is 0.312. The maximum Gasteiger partial charge on any atom is 0.191 e. The maximum atomic E-state index is 4.62. The number of nitrogens with one attached hydrogen (secondary N) is 2. The van der Waals surface area contributed by atoms with Crippen LogP contribution in [0.5, 0.6) is 0 Å². The van der Waals surface area contributed by atoms with E-state index in [9.17, 15) is 0 Å². The summed E-state index contributed by atoms with van der Waals surface area (Å²) in [5.74, 6) is 2.64. The standard InChI is InChI=1S/C18H32N6/c1-15(2)7-9-21-18(19-3)22-14-16-6-5-8-20-17(16)24-12-10-23(4)11-13-24/h5-6,8,15H,7,9-14H2,1-4H3,(H2,19,21,22). The first-order valence-electron chi connectivity index (χ1n) is 8.92. The van der Waals surface area contributed by atoms with Gasteiger partial charge in [0, 0.05) is 58.1 Å². The molecule has 6 nitrogen and oxygen atoms in total. The summed E-state index contributed by atoms with van der Waals surface area (Å²) in [4.78, 5) is 13.7. The van der Waals surface area contributed by atoms with E-state index in [2.05, 4.69) is 57.4 Å². The first kappa shape index (κ1) is 18.5. The third-order valence-electron chi connectivity index (χ3n) is 4.35. The summed E-state index contributed by atoms with van der Waals surface area (Å²) in [6.45, 7) is 10.4. The zero-order chi connectivity index (χ0) is 17.4. The predicted octanol–water partition coefficient (Wildman–Crippen LogP) is 1.54. The Bertz CT molecular complexity index is 520. The van der Waals surface area contributed by atoms with Crippen molar-refractivity contribution in [3.8, 4) is 0 Å². The molecule has 1 saturated heterocycles. The Balaban J connectivity index is 1.92. The molecule has 24 heavy (non-hydrogen) atoms. The minimum atomic E-state index is 0.692. The smallest absolute Gasteiger partial charge is 0.191 e. The first-order chi connectivity index (χ1) is 11.6. The maximum absolute atomic E-state index is 4.62. The molecule has 2 N–H and O–H groups in total. The molecule has 2 rings (SSSR count). The van der Waals surface area contributed by atoms with E-state index in [1.54, 1.807) is 0 Å². The second-order valence-corrected chi connectivity index (χ2v) is 6.81. The molecule has 1 aliphatic rings. The number of pyridine rings is 1. The van der Waals surface area contributed by atoms with Crippen LogP contribution in [0.4, 0.5) is 5.82 Å². The summed E-state index contributed by atoms with van der Waals surface area (Å²) < 4.78 is 0. The van der Waals surface area contributed by atoms with Gasteiger partial charge in [0.15, 0.2) is 5.96 Å². The van der Waals surface area contributed by atoms with Gasteiger partial charge in [0.2, 0.25) is 0 Å². The second kappa shape index (κ2) is 9.47. The molecule has 134 valence electrons. The minimum absolute atomic E-state index is 0.692. The highest BCUT2D eigenvalue weighted by molar-refractivity contribution is 5.79. The molecule has 1 aromatic rings. The molecule has 0 amide bonds. The average Bonchev–Trinajstić information content (AvgIpc) is 2.58. The van der Waals surface area contributed by atoms with Gasteiger partial charge in [-0.1, -0.05) is 19.9 Å².